The molecule has 5 rings (SSSR count). The molecule has 0 spiro atoms. The number of nitrogens with one attached hydrogen (secondary N) is 3. The molecule has 2 aliphatic rings. The van der Waals surface area contributed by atoms with E-state index in [1.165, 1.54) is 0 Å². The smallest absolute Gasteiger partial charge is 0.243 e. The highest BCUT2D eigenvalue weighted by Crippen LogP contribution is 2.30. The molecule has 2 amide bonds. The van der Waals surface area contributed by atoms with Crippen molar-refractivity contribution in [1.29, 1.82) is 0 Å². The van der Waals surface area contributed by atoms with Gasteiger partial charge in [0, 0.05) is 25.7 Å². The summed E-state index contributed by atoms with van der Waals surface area (Å²) in [5.74, 6) is 2.45. The summed E-state index contributed by atoms with van der Waals surface area (Å²) in [7, 11) is 3.36. The third-order valence-corrected chi connectivity index (χ3v) is 7.12. The lowest BCUT2D eigenvalue weighted by Crippen LogP contribution is -2.54. The van der Waals surface area contributed by atoms with Crippen LogP contribution < -0.4 is 20.7 Å². The molecule has 2 aromatic carbocycles. The Kier molecular flexibility index (Phi) is 9.30. The number of likely N-dealkylation sites (N-methyl/N-ethyl adjacent to an activating group) is 1. The predicted molar refractivity (Wildman–Crippen MR) is 153 cm³/mol. The number of rotatable bonds is 8. The Morgan fingerprint density at radius 2 is 1.85 bits per heavy atom. The number of carbonyl (C=O) groups is 2. The van der Waals surface area contributed by atoms with E-state index in [4.69, 9.17) is 9.15 Å². The molecule has 1 aromatic heterocycles. The van der Waals surface area contributed by atoms with Gasteiger partial charge in [-0.25, -0.2) is 0 Å². The quantitative estimate of drug-likeness (QED) is 0.393. The van der Waals surface area contributed by atoms with Crippen molar-refractivity contribution < 1.29 is 18.7 Å². The number of aryl methyl sites for hydroxylation is 1. The van der Waals surface area contributed by atoms with Crippen molar-refractivity contribution in [3.63, 3.8) is 0 Å². The number of nitrogens with zero attached hydrogens (tertiary/aromatic N) is 1. The molecule has 208 valence electrons. The van der Waals surface area contributed by atoms with Crippen molar-refractivity contribution in [3.8, 4) is 5.75 Å². The highest BCUT2D eigenvalue weighted by Gasteiger charge is 2.32. The van der Waals surface area contributed by atoms with Gasteiger partial charge in [0.15, 0.2) is 0 Å². The number of hydrogen-bond donors (Lipinski definition) is 3. The molecule has 2 atom stereocenters. The van der Waals surface area contributed by atoms with Crippen molar-refractivity contribution in [2.75, 3.05) is 26.0 Å². The molecular weight excluding hydrogens is 492 g/mol. The first-order chi connectivity index (χ1) is 18.7. The second-order valence-electron chi connectivity index (χ2n) is 10.6. The Morgan fingerprint density at radius 3 is 2.51 bits per heavy atom. The Labute approximate surface area is 231 Å². The van der Waals surface area contributed by atoms with Crippen molar-refractivity contribution in [2.45, 2.75) is 58.7 Å². The molecule has 8 heteroatoms. The molecule has 0 fully saturated rings. The van der Waals surface area contributed by atoms with Crippen LogP contribution in [0.2, 0.25) is 0 Å². The van der Waals surface area contributed by atoms with Crippen LogP contribution >= 0.6 is 0 Å². The SMILES string of the molecule is COc1ccc2cc1Nc1ccc(cc1)C[C@H](NCc1ccc(C)o1)C(=O)N(C)[C@H](C(=O)NCCC(C)C)C2. The molecule has 2 aliphatic heterocycles. The number of ether oxygens (including phenoxy) is 1. The van der Waals surface area contributed by atoms with E-state index in [-0.39, 0.29) is 11.8 Å². The molecule has 0 saturated heterocycles. The first-order valence-corrected chi connectivity index (χ1v) is 13.6. The molecule has 0 radical (unpaired) electrons. The lowest BCUT2D eigenvalue weighted by molar-refractivity contribution is -0.140. The van der Waals surface area contributed by atoms with Gasteiger partial charge in [0.1, 0.15) is 23.3 Å². The number of methoxy groups -OCH3 is 1. The number of furan rings is 1. The van der Waals surface area contributed by atoms with E-state index >= 15 is 0 Å². The Balaban J connectivity index is 1.68. The second-order valence-corrected chi connectivity index (χ2v) is 10.6. The average molecular weight is 533 g/mol. The lowest BCUT2D eigenvalue weighted by Gasteiger charge is -2.31. The van der Waals surface area contributed by atoms with Gasteiger partial charge in [0.2, 0.25) is 11.8 Å². The summed E-state index contributed by atoms with van der Waals surface area (Å²) < 4.78 is 11.3. The van der Waals surface area contributed by atoms with Gasteiger partial charge in [-0.2, -0.15) is 0 Å². The van der Waals surface area contributed by atoms with Crippen LogP contribution in [0.15, 0.2) is 59.0 Å². The van der Waals surface area contributed by atoms with E-state index in [0.29, 0.717) is 37.6 Å². The van der Waals surface area contributed by atoms with E-state index in [0.717, 1.165) is 40.4 Å². The zero-order valence-electron chi connectivity index (χ0n) is 23.5. The summed E-state index contributed by atoms with van der Waals surface area (Å²) in [6.07, 6.45) is 1.71. The monoisotopic (exact) mass is 532 g/mol. The summed E-state index contributed by atoms with van der Waals surface area (Å²) in [5, 5.41) is 9.90. The van der Waals surface area contributed by atoms with Crippen molar-refractivity contribution in [1.82, 2.24) is 15.5 Å². The summed E-state index contributed by atoms with van der Waals surface area (Å²) in [6.45, 7) is 7.11. The van der Waals surface area contributed by atoms with Crippen LogP contribution in [0.4, 0.5) is 11.4 Å². The highest BCUT2D eigenvalue weighted by atomic mass is 16.5. The average Bonchev–Trinajstić information content (AvgIpc) is 3.34. The van der Waals surface area contributed by atoms with Gasteiger partial charge >= 0.3 is 0 Å². The van der Waals surface area contributed by atoms with Gasteiger partial charge in [-0.3, -0.25) is 14.9 Å². The van der Waals surface area contributed by atoms with E-state index < -0.39 is 12.1 Å². The lowest BCUT2D eigenvalue weighted by atomic mass is 9.99. The largest absolute Gasteiger partial charge is 0.495 e. The van der Waals surface area contributed by atoms with Crippen LogP contribution in [0.25, 0.3) is 0 Å². The summed E-state index contributed by atoms with van der Waals surface area (Å²) in [4.78, 5) is 29.1. The highest BCUT2D eigenvalue weighted by molar-refractivity contribution is 5.90. The topological polar surface area (TPSA) is 95.8 Å². The van der Waals surface area contributed by atoms with E-state index in [9.17, 15) is 9.59 Å². The van der Waals surface area contributed by atoms with E-state index in [1.54, 1.807) is 19.1 Å². The molecule has 3 N–H and O–H groups in total. The normalized spacial score (nSPS) is 17.6. The van der Waals surface area contributed by atoms with Gasteiger partial charge < -0.3 is 24.7 Å². The number of benzene rings is 2. The molecule has 39 heavy (non-hydrogen) atoms. The van der Waals surface area contributed by atoms with E-state index in [2.05, 4.69) is 29.8 Å². The Bertz CT molecular complexity index is 1270. The summed E-state index contributed by atoms with van der Waals surface area (Å²) in [5.41, 5.74) is 3.65. The first kappa shape index (κ1) is 28.2. The van der Waals surface area contributed by atoms with Crippen LogP contribution in [0, 0.1) is 12.8 Å². The summed E-state index contributed by atoms with van der Waals surface area (Å²) in [6, 6.07) is 16.4. The Hall–Kier alpha value is -3.78. The second kappa shape index (κ2) is 12.8. The first-order valence-electron chi connectivity index (χ1n) is 13.6. The summed E-state index contributed by atoms with van der Waals surface area (Å²) >= 11 is 0. The number of amides is 2. The fraction of sp³-hybridized carbons (Fsp3) is 0.419. The van der Waals surface area contributed by atoms with Crippen LogP contribution in [-0.2, 0) is 29.0 Å². The van der Waals surface area contributed by atoms with Crippen LogP contribution in [0.5, 0.6) is 5.75 Å². The van der Waals surface area contributed by atoms with Gasteiger partial charge in [0.05, 0.1) is 25.4 Å². The zero-order chi connectivity index (χ0) is 27.9. The number of carbonyl (C=O) groups excluding carboxylic acids is 2. The minimum atomic E-state index is -0.676. The number of hydrogen-bond acceptors (Lipinski definition) is 6. The molecule has 0 unspecified atom stereocenters. The molecule has 0 saturated carbocycles. The van der Waals surface area contributed by atoms with Crippen molar-refractivity contribution >= 4 is 23.2 Å². The van der Waals surface area contributed by atoms with Crippen LogP contribution in [0.3, 0.4) is 0 Å². The molecule has 4 bridgehead atoms. The predicted octanol–water partition coefficient (Wildman–Crippen LogP) is 4.59. The third-order valence-electron chi connectivity index (χ3n) is 7.12. The van der Waals surface area contributed by atoms with Gasteiger partial charge in [-0.15, -0.1) is 0 Å². The van der Waals surface area contributed by atoms with Crippen LogP contribution in [-0.4, -0.2) is 49.5 Å². The molecule has 0 aliphatic carbocycles. The number of anilines is 2. The van der Waals surface area contributed by atoms with Gasteiger partial charge in [0.25, 0.3) is 0 Å². The van der Waals surface area contributed by atoms with Crippen LogP contribution in [0.1, 0.15) is 42.9 Å². The molecule has 3 heterocycles. The minimum Gasteiger partial charge on any atom is -0.495 e. The third kappa shape index (κ3) is 7.41. The maximum Gasteiger partial charge on any atom is 0.243 e. The molecule has 8 nitrogen and oxygen atoms in total. The van der Waals surface area contributed by atoms with Crippen molar-refractivity contribution in [2.24, 2.45) is 5.92 Å². The van der Waals surface area contributed by atoms with E-state index in [1.807, 2.05) is 61.5 Å². The zero-order valence-corrected chi connectivity index (χ0v) is 23.5. The van der Waals surface area contributed by atoms with Crippen molar-refractivity contribution in [3.05, 3.63) is 77.2 Å². The fourth-order valence-corrected chi connectivity index (χ4v) is 4.78. The number of fused-ring (bicyclic) bond motifs is 7. The maximum absolute atomic E-state index is 14.0. The molecular formula is C31H40N4O4. The minimum absolute atomic E-state index is 0.143. The standard InChI is InChI=1S/C31H40N4O4/c1-20(2)14-15-32-30(36)28-18-23-9-13-29(38-5)26(17-23)34-24-10-7-22(8-11-24)16-27(31(37)35(28)4)33-19-25-12-6-21(3)39-25/h6-13,17,20,27-28,33-34H,14-16,18-19H2,1-5H3,(H,32,36)/t27-,28-/m0/s1. The maximum atomic E-state index is 14.0. The van der Waals surface area contributed by atoms with Gasteiger partial charge in [-0.1, -0.05) is 32.0 Å². The Morgan fingerprint density at radius 1 is 1.10 bits per heavy atom. The fourth-order valence-electron chi connectivity index (χ4n) is 4.78. The van der Waals surface area contributed by atoms with Gasteiger partial charge in [-0.05, 0) is 73.2 Å². The molecule has 3 aromatic rings.